The number of hydrogen-bond acceptors (Lipinski definition) is 2. The Hall–Kier alpha value is -0.830. The Morgan fingerprint density at radius 2 is 0.517 bits per heavy atom. The summed E-state index contributed by atoms with van der Waals surface area (Å²) in [6.07, 6.45) is 70.9. The summed E-state index contributed by atoms with van der Waals surface area (Å²) in [4.78, 5) is 11.9. The van der Waals surface area contributed by atoms with E-state index >= 15 is 0 Å². The van der Waals surface area contributed by atoms with Crippen LogP contribution in [-0.4, -0.2) is 22.3 Å². The molecule has 0 aliphatic carbocycles. The van der Waals surface area contributed by atoms with Crippen LogP contribution in [0.15, 0.2) is 12.2 Å². The molecule has 0 aliphatic heterocycles. The summed E-state index contributed by atoms with van der Waals surface area (Å²) < 4.78 is 0. The number of hydrogen-bond donors (Lipinski definition) is 2. The number of aliphatic carboxylic acids is 1. The van der Waals surface area contributed by atoms with Crippen molar-refractivity contribution < 1.29 is 15.0 Å². The number of rotatable bonds is 53. The third-order valence-corrected chi connectivity index (χ3v) is 13.7. The van der Waals surface area contributed by atoms with Crippen molar-refractivity contribution >= 4 is 5.97 Å². The second-order valence-electron chi connectivity index (χ2n) is 19.7. The first-order chi connectivity index (χ1) is 29.6. The van der Waals surface area contributed by atoms with Crippen molar-refractivity contribution in [2.24, 2.45) is 5.92 Å². The van der Waals surface area contributed by atoms with Gasteiger partial charge in [0.2, 0.25) is 0 Å². The minimum absolute atomic E-state index is 0.583. The van der Waals surface area contributed by atoms with Gasteiger partial charge in [0, 0.05) is 0 Å². The zero-order valence-corrected chi connectivity index (χ0v) is 41.5. The highest BCUT2D eigenvalue weighted by Gasteiger charge is 2.25. The van der Waals surface area contributed by atoms with Gasteiger partial charge in [0.25, 0.3) is 0 Å². The summed E-state index contributed by atoms with van der Waals surface area (Å²) in [5, 5.41) is 20.4. The van der Waals surface area contributed by atoms with E-state index in [4.69, 9.17) is 0 Å². The number of carboxylic acids is 1. The first kappa shape index (κ1) is 59.2. The molecular weight excluding hydrogens is 733 g/mol. The molecule has 0 rings (SSSR count). The molecule has 0 bridgehead atoms. The summed E-state index contributed by atoms with van der Waals surface area (Å²) in [7, 11) is 0. The van der Waals surface area contributed by atoms with Gasteiger partial charge in [0.15, 0.2) is 0 Å². The maximum absolute atomic E-state index is 11.9. The predicted molar refractivity (Wildman–Crippen MR) is 268 cm³/mol. The van der Waals surface area contributed by atoms with Crippen LogP contribution in [0.1, 0.15) is 335 Å². The summed E-state index contributed by atoms with van der Waals surface area (Å²) >= 11 is 0. The molecular formula is C57H112O3. The lowest BCUT2D eigenvalue weighted by atomic mass is 9.91. The smallest absolute Gasteiger partial charge is 0.309 e. The molecule has 2 N–H and O–H groups in total. The Kier molecular flexibility index (Phi) is 51.8. The largest absolute Gasteiger partial charge is 0.481 e. The van der Waals surface area contributed by atoms with Crippen molar-refractivity contribution in [3.05, 3.63) is 12.2 Å². The van der Waals surface area contributed by atoms with Gasteiger partial charge in [-0.1, -0.05) is 309 Å². The first-order valence-electron chi connectivity index (χ1n) is 28.2. The fourth-order valence-corrected chi connectivity index (χ4v) is 9.38. The Morgan fingerprint density at radius 3 is 0.750 bits per heavy atom. The van der Waals surface area contributed by atoms with Crippen molar-refractivity contribution in [1.29, 1.82) is 0 Å². The summed E-state index contributed by atoms with van der Waals surface area (Å²) in [6.45, 7) is 4.59. The van der Waals surface area contributed by atoms with Gasteiger partial charge in [-0.05, 0) is 38.5 Å². The first-order valence-corrected chi connectivity index (χ1v) is 28.2. The van der Waals surface area contributed by atoms with E-state index in [0.29, 0.717) is 12.8 Å². The molecule has 0 radical (unpaired) electrons. The monoisotopic (exact) mass is 845 g/mol. The number of carbonyl (C=O) groups is 1. The number of aliphatic hydroxyl groups is 1. The lowest BCUT2D eigenvalue weighted by Crippen LogP contribution is -2.28. The lowest BCUT2D eigenvalue weighted by molar-refractivity contribution is -0.146. The average Bonchev–Trinajstić information content (AvgIpc) is 3.24. The topological polar surface area (TPSA) is 57.5 Å². The van der Waals surface area contributed by atoms with E-state index in [2.05, 4.69) is 26.0 Å². The predicted octanol–water partition coefficient (Wildman–Crippen LogP) is 20.1. The quantitative estimate of drug-likeness (QED) is 0.0474. The average molecular weight is 846 g/mol. The van der Waals surface area contributed by atoms with Crippen LogP contribution in [0.25, 0.3) is 0 Å². The Morgan fingerprint density at radius 1 is 0.317 bits per heavy atom. The zero-order valence-electron chi connectivity index (χ0n) is 41.5. The van der Waals surface area contributed by atoms with E-state index < -0.39 is 18.0 Å². The molecule has 0 spiro atoms. The van der Waals surface area contributed by atoms with Crippen molar-refractivity contribution in [3.8, 4) is 0 Å². The van der Waals surface area contributed by atoms with E-state index in [1.807, 2.05) is 0 Å². The number of allylic oxidation sites excluding steroid dienone is 2. The normalized spacial score (nSPS) is 12.8. The standard InChI is InChI=1S/C57H112O3/c1-3-5-7-9-11-13-15-17-19-21-23-24-25-26-27-28-29-30-31-32-33-34-35-36-38-40-42-44-46-48-50-52-54-56(58)55(57(59)60)53-51-49-47-45-43-41-39-37-22-20-18-16-14-12-10-8-6-4-2/h32-33,55-56,58H,3-31,34-54H2,1-2H3,(H,59,60)/b33-32-. The maximum Gasteiger partial charge on any atom is 0.309 e. The van der Waals surface area contributed by atoms with E-state index in [0.717, 1.165) is 25.7 Å². The highest BCUT2D eigenvalue weighted by Crippen LogP contribution is 2.22. The van der Waals surface area contributed by atoms with Crippen LogP contribution >= 0.6 is 0 Å². The third-order valence-electron chi connectivity index (χ3n) is 13.7. The van der Waals surface area contributed by atoms with E-state index in [-0.39, 0.29) is 0 Å². The van der Waals surface area contributed by atoms with Crippen molar-refractivity contribution in [2.45, 2.75) is 341 Å². The molecule has 3 heteroatoms. The zero-order chi connectivity index (χ0) is 43.5. The van der Waals surface area contributed by atoms with E-state index in [1.165, 1.54) is 283 Å². The fraction of sp³-hybridized carbons (Fsp3) is 0.947. The molecule has 2 unspecified atom stereocenters. The van der Waals surface area contributed by atoms with Crippen LogP contribution in [0.2, 0.25) is 0 Å². The van der Waals surface area contributed by atoms with Crippen LogP contribution in [0, 0.1) is 5.92 Å². The molecule has 0 heterocycles. The van der Waals surface area contributed by atoms with Crippen LogP contribution in [0.3, 0.4) is 0 Å². The Bertz CT molecular complexity index is 822. The fourth-order valence-electron chi connectivity index (χ4n) is 9.38. The summed E-state index contributed by atoms with van der Waals surface area (Å²) in [5.74, 6) is -1.39. The molecule has 0 aromatic rings. The molecule has 0 aromatic heterocycles. The molecule has 0 aliphatic rings. The van der Waals surface area contributed by atoms with Crippen LogP contribution in [0.5, 0.6) is 0 Å². The SMILES string of the molecule is CCCCCCCCCCCCCCCCCCCC/C=C\CCCCCCCCCCCCC(O)C(CCCCCCCCCCCCCCCCCCCC)C(=O)O. The Balaban J connectivity index is 3.41. The van der Waals surface area contributed by atoms with Crippen LogP contribution in [-0.2, 0) is 4.79 Å². The molecule has 0 amide bonds. The lowest BCUT2D eigenvalue weighted by Gasteiger charge is -2.19. The second kappa shape index (κ2) is 52.5. The van der Waals surface area contributed by atoms with Crippen molar-refractivity contribution in [1.82, 2.24) is 0 Å². The van der Waals surface area contributed by atoms with Gasteiger partial charge >= 0.3 is 5.97 Å². The van der Waals surface area contributed by atoms with Crippen molar-refractivity contribution in [2.75, 3.05) is 0 Å². The second-order valence-corrected chi connectivity index (χ2v) is 19.7. The van der Waals surface area contributed by atoms with Gasteiger partial charge in [-0.2, -0.15) is 0 Å². The number of aliphatic hydroxyl groups excluding tert-OH is 1. The van der Waals surface area contributed by atoms with E-state index in [9.17, 15) is 15.0 Å². The summed E-state index contributed by atoms with van der Waals surface area (Å²) in [5.41, 5.74) is 0. The van der Waals surface area contributed by atoms with Crippen LogP contribution < -0.4 is 0 Å². The van der Waals surface area contributed by atoms with Gasteiger partial charge in [0.1, 0.15) is 0 Å². The molecule has 0 saturated heterocycles. The highest BCUT2D eigenvalue weighted by atomic mass is 16.4. The highest BCUT2D eigenvalue weighted by molar-refractivity contribution is 5.70. The molecule has 3 nitrogen and oxygen atoms in total. The molecule has 358 valence electrons. The van der Waals surface area contributed by atoms with Gasteiger partial charge in [-0.25, -0.2) is 0 Å². The van der Waals surface area contributed by atoms with Gasteiger partial charge < -0.3 is 10.2 Å². The minimum atomic E-state index is -0.804. The summed E-state index contributed by atoms with van der Waals surface area (Å²) in [6, 6.07) is 0. The molecule has 2 atom stereocenters. The van der Waals surface area contributed by atoms with Gasteiger partial charge in [0.05, 0.1) is 12.0 Å². The molecule has 0 saturated carbocycles. The molecule has 0 aromatic carbocycles. The molecule has 0 fully saturated rings. The Labute approximate surface area is 378 Å². The van der Waals surface area contributed by atoms with E-state index in [1.54, 1.807) is 0 Å². The van der Waals surface area contributed by atoms with Gasteiger partial charge in [-0.15, -0.1) is 0 Å². The number of unbranched alkanes of at least 4 members (excludes halogenated alkanes) is 45. The third kappa shape index (κ3) is 48.2. The molecule has 60 heavy (non-hydrogen) atoms. The minimum Gasteiger partial charge on any atom is -0.481 e. The van der Waals surface area contributed by atoms with Crippen molar-refractivity contribution in [3.63, 3.8) is 0 Å². The number of carboxylic acid groups (broad SMARTS) is 1. The maximum atomic E-state index is 11.9. The van der Waals surface area contributed by atoms with Gasteiger partial charge in [-0.3, -0.25) is 4.79 Å². The van der Waals surface area contributed by atoms with Crippen LogP contribution in [0.4, 0.5) is 0 Å².